The molecule has 2 aromatic rings. The zero-order chi connectivity index (χ0) is 15.5. The first-order valence-corrected chi connectivity index (χ1v) is 7.00. The largest absolute Gasteiger partial charge is 0.454 e. The molecule has 0 aliphatic carbocycles. The molecule has 1 heterocycles. The van der Waals surface area contributed by atoms with Crippen LogP contribution in [-0.4, -0.2) is 18.9 Å². The molecule has 22 heavy (non-hydrogen) atoms. The number of carbonyl (C=O) groups excluding carboxylic acids is 1. The van der Waals surface area contributed by atoms with Gasteiger partial charge in [-0.3, -0.25) is 4.79 Å². The lowest BCUT2D eigenvalue weighted by atomic mass is 10.1. The normalized spacial score (nSPS) is 12.6. The van der Waals surface area contributed by atoms with Crippen molar-refractivity contribution >= 4 is 23.7 Å². The first kappa shape index (κ1) is 14.4. The van der Waals surface area contributed by atoms with E-state index < -0.39 is 0 Å². The van der Waals surface area contributed by atoms with Gasteiger partial charge in [0.2, 0.25) is 6.79 Å². The van der Waals surface area contributed by atoms with Crippen molar-refractivity contribution in [1.82, 2.24) is 5.43 Å². The molecule has 3 rings (SSSR count). The van der Waals surface area contributed by atoms with E-state index in [0.717, 1.165) is 11.1 Å². The monoisotopic (exact) mass is 316 g/mol. The van der Waals surface area contributed by atoms with Gasteiger partial charge in [0, 0.05) is 0 Å². The second-order valence-corrected chi connectivity index (χ2v) is 5.20. The smallest absolute Gasteiger partial charge is 0.272 e. The van der Waals surface area contributed by atoms with E-state index in [1.54, 1.807) is 24.3 Å². The zero-order valence-corrected chi connectivity index (χ0v) is 12.6. The highest BCUT2D eigenvalue weighted by molar-refractivity contribution is 6.33. The molecule has 1 aliphatic heterocycles. The molecule has 0 saturated heterocycles. The summed E-state index contributed by atoms with van der Waals surface area (Å²) in [5, 5.41) is 4.33. The Labute approximate surface area is 132 Å². The maximum absolute atomic E-state index is 12.0. The number of nitrogens with one attached hydrogen (secondary N) is 1. The van der Waals surface area contributed by atoms with E-state index in [9.17, 15) is 4.79 Å². The number of amides is 1. The molecule has 1 amide bonds. The van der Waals surface area contributed by atoms with Crippen LogP contribution in [0, 0.1) is 6.92 Å². The van der Waals surface area contributed by atoms with Crippen LogP contribution in [0.15, 0.2) is 41.5 Å². The maximum Gasteiger partial charge on any atom is 0.272 e. The van der Waals surface area contributed by atoms with Crippen molar-refractivity contribution < 1.29 is 14.3 Å². The molecule has 1 N–H and O–H groups in total. The third kappa shape index (κ3) is 3.04. The number of rotatable bonds is 3. The lowest BCUT2D eigenvalue weighted by Crippen LogP contribution is -2.18. The van der Waals surface area contributed by atoms with Gasteiger partial charge in [-0.2, -0.15) is 5.10 Å². The maximum atomic E-state index is 12.0. The Bertz CT molecular complexity index is 759. The molecule has 2 aromatic carbocycles. The first-order chi connectivity index (χ1) is 10.6. The SMILES string of the molecule is Cc1ccc(C(=O)N/N=C\c2ccc3c(c2)OCO3)c(Cl)c1. The van der Waals surface area contributed by atoms with Crippen molar-refractivity contribution in [2.45, 2.75) is 6.92 Å². The van der Waals surface area contributed by atoms with Gasteiger partial charge < -0.3 is 9.47 Å². The molecule has 1 aliphatic rings. The molecule has 0 saturated carbocycles. The second-order valence-electron chi connectivity index (χ2n) is 4.80. The molecule has 0 aromatic heterocycles. The second kappa shape index (κ2) is 6.07. The van der Waals surface area contributed by atoms with Crippen molar-refractivity contribution in [3.05, 3.63) is 58.1 Å². The van der Waals surface area contributed by atoms with Crippen LogP contribution in [-0.2, 0) is 0 Å². The number of halogens is 1. The number of fused-ring (bicyclic) bond motifs is 1. The number of hydrogen-bond donors (Lipinski definition) is 1. The van der Waals surface area contributed by atoms with Crippen LogP contribution in [0.4, 0.5) is 0 Å². The van der Waals surface area contributed by atoms with Gasteiger partial charge in [0.05, 0.1) is 16.8 Å². The van der Waals surface area contributed by atoms with E-state index in [1.165, 1.54) is 6.21 Å². The van der Waals surface area contributed by atoms with Crippen molar-refractivity contribution in [3.63, 3.8) is 0 Å². The minimum absolute atomic E-state index is 0.221. The van der Waals surface area contributed by atoms with Crippen LogP contribution in [0.2, 0.25) is 5.02 Å². The highest BCUT2D eigenvalue weighted by Crippen LogP contribution is 2.31. The van der Waals surface area contributed by atoms with Crippen LogP contribution in [0.5, 0.6) is 11.5 Å². The average Bonchev–Trinajstić information content (AvgIpc) is 2.94. The topological polar surface area (TPSA) is 59.9 Å². The molecular formula is C16H13ClN2O3. The van der Waals surface area contributed by atoms with E-state index in [1.807, 2.05) is 19.1 Å². The molecule has 0 atom stereocenters. The quantitative estimate of drug-likeness (QED) is 0.699. The molecule has 0 fully saturated rings. The van der Waals surface area contributed by atoms with Crippen LogP contribution >= 0.6 is 11.6 Å². The summed E-state index contributed by atoms with van der Waals surface area (Å²) in [6.45, 7) is 2.13. The van der Waals surface area contributed by atoms with Crippen LogP contribution in [0.1, 0.15) is 21.5 Å². The van der Waals surface area contributed by atoms with Gasteiger partial charge in [-0.15, -0.1) is 0 Å². The van der Waals surface area contributed by atoms with Crippen molar-refractivity contribution in [2.75, 3.05) is 6.79 Å². The summed E-state index contributed by atoms with van der Waals surface area (Å²) < 4.78 is 10.5. The lowest BCUT2D eigenvalue weighted by Gasteiger charge is -2.03. The third-order valence-corrected chi connectivity index (χ3v) is 3.46. The highest BCUT2D eigenvalue weighted by Gasteiger charge is 2.12. The van der Waals surface area contributed by atoms with E-state index in [2.05, 4.69) is 10.5 Å². The minimum Gasteiger partial charge on any atom is -0.454 e. The predicted octanol–water partition coefficient (Wildman–Crippen LogP) is 3.14. The van der Waals surface area contributed by atoms with Crippen molar-refractivity contribution in [1.29, 1.82) is 0 Å². The fraction of sp³-hybridized carbons (Fsp3) is 0.125. The standard InChI is InChI=1S/C16H13ClN2O3/c1-10-2-4-12(13(17)6-10)16(20)19-18-8-11-3-5-14-15(7-11)22-9-21-14/h2-8H,9H2,1H3,(H,19,20)/b18-8-. The lowest BCUT2D eigenvalue weighted by molar-refractivity contribution is 0.0955. The number of hydrogen-bond acceptors (Lipinski definition) is 4. The number of hydrazone groups is 1. The van der Waals surface area contributed by atoms with E-state index in [-0.39, 0.29) is 12.7 Å². The van der Waals surface area contributed by atoms with Gasteiger partial charge >= 0.3 is 0 Å². The number of aryl methyl sites for hydroxylation is 1. The summed E-state index contributed by atoms with van der Waals surface area (Å²) in [4.78, 5) is 12.0. The zero-order valence-electron chi connectivity index (χ0n) is 11.8. The van der Waals surface area contributed by atoms with Crippen LogP contribution in [0.3, 0.4) is 0 Å². The fourth-order valence-corrected chi connectivity index (χ4v) is 2.34. The van der Waals surface area contributed by atoms with E-state index in [0.29, 0.717) is 22.1 Å². The number of ether oxygens (including phenoxy) is 2. The van der Waals surface area contributed by atoms with Gasteiger partial charge in [0.25, 0.3) is 5.91 Å². The van der Waals surface area contributed by atoms with Gasteiger partial charge in [-0.25, -0.2) is 5.43 Å². The summed E-state index contributed by atoms with van der Waals surface area (Å²) in [5.74, 6) is 1.01. The van der Waals surface area contributed by atoms with E-state index in [4.69, 9.17) is 21.1 Å². The Kier molecular flexibility index (Phi) is 3.98. The summed E-state index contributed by atoms with van der Waals surface area (Å²) in [5.41, 5.74) is 4.62. The summed E-state index contributed by atoms with van der Waals surface area (Å²) >= 11 is 6.04. The Balaban J connectivity index is 1.68. The molecule has 0 radical (unpaired) electrons. The van der Waals surface area contributed by atoms with Crippen molar-refractivity contribution in [3.8, 4) is 11.5 Å². The Hall–Kier alpha value is -2.53. The molecule has 0 unspecified atom stereocenters. The molecule has 112 valence electrons. The number of benzene rings is 2. The number of carbonyl (C=O) groups is 1. The minimum atomic E-state index is -0.359. The molecule has 0 spiro atoms. The molecule has 0 bridgehead atoms. The van der Waals surface area contributed by atoms with Crippen LogP contribution < -0.4 is 14.9 Å². The van der Waals surface area contributed by atoms with Gasteiger partial charge in [0.15, 0.2) is 11.5 Å². The van der Waals surface area contributed by atoms with Gasteiger partial charge in [-0.05, 0) is 48.4 Å². The Morgan fingerprint density at radius 2 is 2.05 bits per heavy atom. The summed E-state index contributed by atoms with van der Waals surface area (Å²) in [7, 11) is 0. The third-order valence-electron chi connectivity index (χ3n) is 3.15. The van der Waals surface area contributed by atoms with E-state index >= 15 is 0 Å². The Morgan fingerprint density at radius 3 is 2.86 bits per heavy atom. The fourth-order valence-electron chi connectivity index (χ4n) is 2.02. The summed E-state index contributed by atoms with van der Waals surface area (Å²) in [6.07, 6.45) is 1.53. The molecular weight excluding hydrogens is 304 g/mol. The van der Waals surface area contributed by atoms with Crippen molar-refractivity contribution in [2.24, 2.45) is 5.10 Å². The van der Waals surface area contributed by atoms with Gasteiger partial charge in [0.1, 0.15) is 0 Å². The van der Waals surface area contributed by atoms with Crippen LogP contribution in [0.25, 0.3) is 0 Å². The van der Waals surface area contributed by atoms with Gasteiger partial charge in [-0.1, -0.05) is 17.7 Å². The first-order valence-electron chi connectivity index (χ1n) is 6.63. The molecule has 6 heteroatoms. The number of nitrogens with zero attached hydrogens (tertiary/aromatic N) is 1. The average molecular weight is 317 g/mol. The predicted molar refractivity (Wildman–Crippen MR) is 83.8 cm³/mol. The molecule has 5 nitrogen and oxygen atoms in total. The Morgan fingerprint density at radius 1 is 1.23 bits per heavy atom. The summed E-state index contributed by atoms with van der Waals surface area (Å²) in [6, 6.07) is 10.6. The highest BCUT2D eigenvalue weighted by atomic mass is 35.5.